The third-order valence-electron chi connectivity index (χ3n) is 7.93. The Morgan fingerprint density at radius 1 is 0.730 bits per heavy atom. The Balaban J connectivity index is 1.41. The van der Waals surface area contributed by atoms with E-state index in [0.717, 1.165) is 33.0 Å². The van der Waals surface area contributed by atoms with Crippen LogP contribution in [0.25, 0.3) is 16.3 Å². The van der Waals surface area contributed by atoms with Crippen molar-refractivity contribution in [3.05, 3.63) is 114 Å². The number of hydrogen-bond acceptors (Lipinski definition) is 4. The Morgan fingerprint density at radius 2 is 1.46 bits per heavy atom. The first-order chi connectivity index (χ1) is 18.0. The van der Waals surface area contributed by atoms with Gasteiger partial charge >= 0.3 is 5.97 Å². The van der Waals surface area contributed by atoms with Crippen molar-refractivity contribution in [3.8, 4) is 5.75 Å². The van der Waals surface area contributed by atoms with Gasteiger partial charge in [-0.1, -0.05) is 78.9 Å². The van der Waals surface area contributed by atoms with Crippen LogP contribution in [0.3, 0.4) is 0 Å². The Morgan fingerprint density at radius 3 is 2.27 bits per heavy atom. The second kappa shape index (κ2) is 8.00. The Kier molecular flexibility index (Phi) is 4.70. The smallest absolute Gasteiger partial charge is 0.319 e. The molecular formula is C32H23NO4. The summed E-state index contributed by atoms with van der Waals surface area (Å²) in [6.07, 6.45) is 2.02. The fourth-order valence-electron chi connectivity index (χ4n) is 6.24. The normalized spacial score (nSPS) is 24.3. The molecule has 2 aliphatic heterocycles. The second-order valence-corrected chi connectivity index (χ2v) is 10.1. The van der Waals surface area contributed by atoms with Crippen molar-refractivity contribution < 1.29 is 19.1 Å². The van der Waals surface area contributed by atoms with Gasteiger partial charge in [0.2, 0.25) is 11.8 Å². The lowest BCUT2D eigenvalue weighted by atomic mass is 9.64. The first kappa shape index (κ1) is 21.7. The van der Waals surface area contributed by atoms with Crippen molar-refractivity contribution in [2.75, 3.05) is 4.90 Å². The number of ether oxygens (including phenoxy) is 1. The predicted octanol–water partition coefficient (Wildman–Crippen LogP) is 5.67. The van der Waals surface area contributed by atoms with Gasteiger partial charge in [0.1, 0.15) is 5.75 Å². The maximum atomic E-state index is 14.1. The van der Waals surface area contributed by atoms with E-state index in [1.165, 1.54) is 4.90 Å². The van der Waals surface area contributed by atoms with Gasteiger partial charge in [0.15, 0.2) is 0 Å². The van der Waals surface area contributed by atoms with Crippen LogP contribution in [0.1, 0.15) is 22.6 Å². The minimum Gasteiger partial charge on any atom is -0.425 e. The first-order valence-electron chi connectivity index (χ1n) is 12.5. The standard InChI is InChI=1S/C32H23NO4/c1-18-11-14-23-25-17-24(20-8-3-2-4-9-20)27-29(28(25)32(36)37-26(23)15-18)31(35)33(30(27)34)22-13-12-19-7-5-6-10-21(19)16-22/h2-17,24,27-29H,1H3/t24-,27-,28-,29+/m1/s1. The van der Waals surface area contributed by atoms with Gasteiger partial charge in [0.05, 0.1) is 23.4 Å². The molecule has 2 amide bonds. The molecule has 1 aliphatic carbocycles. The summed E-state index contributed by atoms with van der Waals surface area (Å²) in [6, 6.07) is 28.9. The highest BCUT2D eigenvalue weighted by Crippen LogP contribution is 2.54. The third-order valence-corrected chi connectivity index (χ3v) is 7.93. The lowest BCUT2D eigenvalue weighted by Crippen LogP contribution is -2.42. The monoisotopic (exact) mass is 485 g/mol. The van der Waals surface area contributed by atoms with Crippen molar-refractivity contribution >= 4 is 39.8 Å². The summed E-state index contributed by atoms with van der Waals surface area (Å²) < 4.78 is 5.75. The zero-order valence-electron chi connectivity index (χ0n) is 20.1. The van der Waals surface area contributed by atoms with Gasteiger partial charge < -0.3 is 4.74 Å². The van der Waals surface area contributed by atoms with Crippen LogP contribution < -0.4 is 9.64 Å². The molecule has 180 valence electrons. The summed E-state index contributed by atoms with van der Waals surface area (Å²) in [5.41, 5.74) is 4.02. The summed E-state index contributed by atoms with van der Waals surface area (Å²) in [5.74, 6) is -3.33. The molecule has 4 aromatic rings. The number of aryl methyl sites for hydroxylation is 1. The molecule has 5 nitrogen and oxygen atoms in total. The van der Waals surface area contributed by atoms with Crippen LogP contribution in [-0.4, -0.2) is 17.8 Å². The highest BCUT2D eigenvalue weighted by molar-refractivity contribution is 6.25. The minimum absolute atomic E-state index is 0.281. The third kappa shape index (κ3) is 3.20. The van der Waals surface area contributed by atoms with Crippen LogP contribution in [0, 0.1) is 24.7 Å². The van der Waals surface area contributed by atoms with E-state index < -0.39 is 23.7 Å². The van der Waals surface area contributed by atoms with E-state index in [9.17, 15) is 14.4 Å². The number of rotatable bonds is 2. The van der Waals surface area contributed by atoms with Gasteiger partial charge in [-0.2, -0.15) is 0 Å². The van der Waals surface area contributed by atoms with Gasteiger partial charge in [0.25, 0.3) is 0 Å². The number of amides is 2. The maximum Gasteiger partial charge on any atom is 0.319 e. The number of allylic oxidation sites excluding steroid dienone is 1. The van der Waals surface area contributed by atoms with E-state index in [1.807, 2.05) is 97.9 Å². The zero-order valence-corrected chi connectivity index (χ0v) is 20.1. The molecule has 5 heteroatoms. The molecule has 2 heterocycles. The summed E-state index contributed by atoms with van der Waals surface area (Å²) >= 11 is 0. The Labute approximate surface area is 214 Å². The maximum absolute atomic E-state index is 14.1. The van der Waals surface area contributed by atoms with E-state index in [0.29, 0.717) is 11.4 Å². The van der Waals surface area contributed by atoms with Crippen molar-refractivity contribution in [3.63, 3.8) is 0 Å². The highest BCUT2D eigenvalue weighted by atomic mass is 16.5. The van der Waals surface area contributed by atoms with Crippen LogP contribution >= 0.6 is 0 Å². The molecule has 1 fully saturated rings. The largest absolute Gasteiger partial charge is 0.425 e. The Hall–Kier alpha value is -4.51. The second-order valence-electron chi connectivity index (χ2n) is 10.1. The molecule has 1 saturated heterocycles. The van der Waals surface area contributed by atoms with E-state index in [1.54, 1.807) is 6.07 Å². The number of imide groups is 1. The predicted molar refractivity (Wildman–Crippen MR) is 141 cm³/mol. The molecule has 7 rings (SSSR count). The van der Waals surface area contributed by atoms with E-state index in [4.69, 9.17) is 4.74 Å². The fourth-order valence-corrected chi connectivity index (χ4v) is 6.24. The quantitative estimate of drug-likeness (QED) is 0.209. The van der Waals surface area contributed by atoms with Crippen LogP contribution in [0.5, 0.6) is 5.75 Å². The Bertz CT molecular complexity index is 1650. The molecule has 37 heavy (non-hydrogen) atoms. The summed E-state index contributed by atoms with van der Waals surface area (Å²) in [4.78, 5) is 42.9. The minimum atomic E-state index is -0.842. The van der Waals surface area contributed by atoms with E-state index in [-0.39, 0.29) is 17.7 Å². The van der Waals surface area contributed by atoms with Crippen LogP contribution in [0.15, 0.2) is 97.1 Å². The number of anilines is 1. The highest BCUT2D eigenvalue weighted by Gasteiger charge is 2.60. The molecule has 0 bridgehead atoms. The average molecular weight is 486 g/mol. The molecule has 0 saturated carbocycles. The van der Waals surface area contributed by atoms with Crippen LogP contribution in [0.4, 0.5) is 5.69 Å². The van der Waals surface area contributed by atoms with Gasteiger partial charge in [-0.25, -0.2) is 4.90 Å². The summed E-state index contributed by atoms with van der Waals surface area (Å²) in [7, 11) is 0. The molecule has 0 spiro atoms. The summed E-state index contributed by atoms with van der Waals surface area (Å²) in [6.45, 7) is 1.94. The number of carbonyl (C=O) groups is 3. The van der Waals surface area contributed by atoms with Gasteiger partial charge in [-0.05, 0) is 52.6 Å². The number of carbonyl (C=O) groups excluding carboxylic acids is 3. The van der Waals surface area contributed by atoms with Gasteiger partial charge in [0, 0.05) is 11.5 Å². The summed E-state index contributed by atoms with van der Waals surface area (Å²) in [5, 5.41) is 1.96. The average Bonchev–Trinajstić information content (AvgIpc) is 3.18. The van der Waals surface area contributed by atoms with Gasteiger partial charge in [-0.15, -0.1) is 0 Å². The number of nitrogens with zero attached hydrogens (tertiary/aromatic N) is 1. The number of fused-ring (bicyclic) bond motifs is 6. The number of esters is 1. The number of benzene rings is 4. The molecule has 4 atom stereocenters. The van der Waals surface area contributed by atoms with Crippen molar-refractivity contribution in [2.24, 2.45) is 17.8 Å². The molecule has 0 radical (unpaired) electrons. The number of hydrogen-bond donors (Lipinski definition) is 0. The van der Waals surface area contributed by atoms with Gasteiger partial charge in [-0.3, -0.25) is 14.4 Å². The molecule has 3 aliphatic rings. The van der Waals surface area contributed by atoms with Crippen molar-refractivity contribution in [1.82, 2.24) is 0 Å². The lowest BCUT2D eigenvalue weighted by Gasteiger charge is -2.38. The molecule has 0 unspecified atom stereocenters. The molecular weight excluding hydrogens is 462 g/mol. The van der Waals surface area contributed by atoms with Crippen molar-refractivity contribution in [1.29, 1.82) is 0 Å². The lowest BCUT2D eigenvalue weighted by molar-refractivity contribution is -0.142. The van der Waals surface area contributed by atoms with E-state index >= 15 is 0 Å². The molecule has 0 aromatic heterocycles. The molecule has 0 N–H and O–H groups in total. The molecule has 4 aromatic carbocycles. The SMILES string of the molecule is Cc1ccc2c(c1)OC(=O)[C@@H]1C2=C[C@H](c2ccccc2)[C@H]2C(=O)N(c3ccc4ccccc4c3)C(=O)[C@H]12. The van der Waals surface area contributed by atoms with Crippen LogP contribution in [-0.2, 0) is 14.4 Å². The van der Waals surface area contributed by atoms with E-state index in [2.05, 4.69) is 0 Å². The van der Waals surface area contributed by atoms with Crippen LogP contribution in [0.2, 0.25) is 0 Å². The fraction of sp³-hybridized carbons (Fsp3) is 0.156. The topological polar surface area (TPSA) is 63.7 Å². The van der Waals surface area contributed by atoms with Crippen molar-refractivity contribution in [2.45, 2.75) is 12.8 Å². The first-order valence-corrected chi connectivity index (χ1v) is 12.5. The zero-order chi connectivity index (χ0) is 25.3.